The van der Waals surface area contributed by atoms with E-state index in [4.69, 9.17) is 28.4 Å². The van der Waals surface area contributed by atoms with Crippen LogP contribution in [-0.2, 0) is 33.2 Å². The summed E-state index contributed by atoms with van der Waals surface area (Å²) >= 11 is 0. The summed E-state index contributed by atoms with van der Waals surface area (Å²) in [5.74, 6) is -0.414. The van der Waals surface area contributed by atoms with Crippen molar-refractivity contribution in [1.29, 1.82) is 0 Å². The van der Waals surface area contributed by atoms with Gasteiger partial charge in [0.05, 0.1) is 26.4 Å². The molecule has 7 N–H and O–H groups in total. The van der Waals surface area contributed by atoms with Crippen LogP contribution in [-0.4, -0.2) is 142 Å². The summed E-state index contributed by atoms with van der Waals surface area (Å²) < 4.78 is 34.2. The van der Waals surface area contributed by atoms with Crippen LogP contribution in [0.1, 0.15) is 129 Å². The lowest BCUT2D eigenvalue weighted by atomic mass is 9.98. The molecular formula is C53H86O14. The van der Waals surface area contributed by atoms with Crippen molar-refractivity contribution in [3.05, 3.63) is 97.2 Å². The lowest BCUT2D eigenvalue weighted by Gasteiger charge is -2.42. The Morgan fingerprint density at radius 1 is 0.493 bits per heavy atom. The minimum atomic E-state index is -1.72. The number of aliphatic hydroxyl groups is 7. The number of ether oxygens (including phenoxy) is 6. The smallest absolute Gasteiger partial charge is 0.306 e. The van der Waals surface area contributed by atoms with E-state index in [0.29, 0.717) is 13.0 Å². The summed E-state index contributed by atoms with van der Waals surface area (Å²) in [7, 11) is 0. The van der Waals surface area contributed by atoms with Crippen molar-refractivity contribution in [1.82, 2.24) is 0 Å². The van der Waals surface area contributed by atoms with E-state index in [0.717, 1.165) is 103 Å². The summed E-state index contributed by atoms with van der Waals surface area (Å²) in [5, 5.41) is 72.1. The van der Waals surface area contributed by atoms with E-state index in [-0.39, 0.29) is 19.6 Å². The van der Waals surface area contributed by atoms with Crippen LogP contribution in [0.25, 0.3) is 0 Å². The fraction of sp³-hybridized carbons (Fsp3) is 0.679. The fourth-order valence-corrected chi connectivity index (χ4v) is 7.09. The fourth-order valence-electron chi connectivity index (χ4n) is 7.09. The molecule has 0 spiro atoms. The van der Waals surface area contributed by atoms with Crippen molar-refractivity contribution >= 4 is 5.97 Å². The van der Waals surface area contributed by atoms with E-state index in [1.807, 2.05) is 0 Å². The molecule has 2 fully saturated rings. The number of allylic oxidation sites excluding steroid dienone is 16. The summed E-state index contributed by atoms with van der Waals surface area (Å²) in [4.78, 5) is 13.0. The molecule has 2 aliphatic heterocycles. The third-order valence-corrected chi connectivity index (χ3v) is 11.1. The highest BCUT2D eigenvalue weighted by Gasteiger charge is 2.47. The van der Waals surface area contributed by atoms with E-state index in [1.165, 1.54) is 0 Å². The summed E-state index contributed by atoms with van der Waals surface area (Å²) in [6, 6.07) is 0. The Hall–Kier alpha value is -3.09. The Labute approximate surface area is 401 Å². The van der Waals surface area contributed by atoms with E-state index < -0.39 is 86.7 Å². The molecule has 0 radical (unpaired) electrons. The summed E-state index contributed by atoms with van der Waals surface area (Å²) in [6.45, 7) is 3.29. The zero-order valence-electron chi connectivity index (χ0n) is 40.3. The molecule has 0 bridgehead atoms. The molecule has 0 aliphatic carbocycles. The Kier molecular flexibility index (Phi) is 35.6. The van der Waals surface area contributed by atoms with Gasteiger partial charge >= 0.3 is 5.97 Å². The maximum atomic E-state index is 13.0. The van der Waals surface area contributed by atoms with Crippen molar-refractivity contribution in [2.75, 3.05) is 33.0 Å². The monoisotopic (exact) mass is 947 g/mol. The first kappa shape index (κ1) is 60.0. The molecule has 2 aliphatic rings. The van der Waals surface area contributed by atoms with Gasteiger partial charge in [-0.05, 0) is 89.9 Å². The molecule has 11 atom stereocenters. The molecule has 0 aromatic carbocycles. The van der Waals surface area contributed by atoms with Crippen LogP contribution in [0, 0.1) is 0 Å². The third-order valence-electron chi connectivity index (χ3n) is 11.1. The Bertz CT molecular complexity index is 1470. The highest BCUT2D eigenvalue weighted by atomic mass is 16.7. The van der Waals surface area contributed by atoms with Crippen molar-refractivity contribution < 1.29 is 69.0 Å². The van der Waals surface area contributed by atoms with Crippen molar-refractivity contribution in [3.8, 4) is 0 Å². The second-order valence-electron chi connectivity index (χ2n) is 16.9. The molecule has 0 saturated carbocycles. The van der Waals surface area contributed by atoms with Gasteiger partial charge in [-0.1, -0.05) is 130 Å². The molecule has 67 heavy (non-hydrogen) atoms. The lowest BCUT2D eigenvalue weighted by molar-refractivity contribution is -0.332. The number of hydrogen-bond acceptors (Lipinski definition) is 14. The third kappa shape index (κ3) is 27.6. The zero-order valence-corrected chi connectivity index (χ0v) is 40.3. The van der Waals surface area contributed by atoms with Crippen LogP contribution in [0.4, 0.5) is 0 Å². The Balaban J connectivity index is 1.82. The van der Waals surface area contributed by atoms with Crippen LogP contribution < -0.4 is 0 Å². The molecule has 2 saturated heterocycles. The van der Waals surface area contributed by atoms with Gasteiger partial charge in [0.25, 0.3) is 0 Å². The van der Waals surface area contributed by atoms with Crippen LogP contribution in [0.15, 0.2) is 97.2 Å². The average Bonchev–Trinajstić information content (AvgIpc) is 3.32. The number of hydrogen-bond donors (Lipinski definition) is 7. The first-order chi connectivity index (χ1) is 32.6. The number of rotatable bonds is 37. The van der Waals surface area contributed by atoms with Crippen molar-refractivity contribution in [3.63, 3.8) is 0 Å². The molecule has 11 unspecified atom stereocenters. The number of aliphatic hydroxyl groups excluding tert-OH is 7. The van der Waals surface area contributed by atoms with Gasteiger partial charge in [-0.15, -0.1) is 0 Å². The maximum absolute atomic E-state index is 13.0. The van der Waals surface area contributed by atoms with Gasteiger partial charge in [0.15, 0.2) is 12.6 Å². The minimum Gasteiger partial charge on any atom is -0.457 e. The quantitative estimate of drug-likeness (QED) is 0.0189. The largest absolute Gasteiger partial charge is 0.457 e. The molecule has 0 aromatic heterocycles. The Morgan fingerprint density at radius 2 is 0.925 bits per heavy atom. The molecule has 0 aromatic rings. The van der Waals surface area contributed by atoms with Crippen LogP contribution in [0.5, 0.6) is 0 Å². The molecule has 382 valence electrons. The van der Waals surface area contributed by atoms with Crippen molar-refractivity contribution in [2.24, 2.45) is 0 Å². The normalized spacial score (nSPS) is 26.9. The van der Waals surface area contributed by atoms with Gasteiger partial charge in [-0.2, -0.15) is 0 Å². The van der Waals surface area contributed by atoms with Crippen LogP contribution in [0.2, 0.25) is 0 Å². The minimum absolute atomic E-state index is 0.0181. The lowest BCUT2D eigenvalue weighted by Crippen LogP contribution is -2.61. The Morgan fingerprint density at radius 3 is 1.45 bits per heavy atom. The molecule has 2 heterocycles. The number of unbranched alkanes of at least 4 members (excludes halogenated alkanes) is 7. The SMILES string of the molecule is CC/C=C\C/C=C\C/C=C\C/C=C\C/C=C\CCCCOCC(COC1OC(COC2OC(CO)C(O)C(O)C2O)C(O)C(O)C1O)OC(=O)CCCCCCC/C=C\C/C=C\C/C=C\CC. The van der Waals surface area contributed by atoms with Crippen molar-refractivity contribution in [2.45, 2.75) is 197 Å². The second-order valence-corrected chi connectivity index (χ2v) is 16.9. The maximum Gasteiger partial charge on any atom is 0.306 e. The van der Waals surface area contributed by atoms with Gasteiger partial charge < -0.3 is 64.2 Å². The molecule has 2 rings (SSSR count). The van der Waals surface area contributed by atoms with Gasteiger partial charge in [0.2, 0.25) is 0 Å². The van der Waals surface area contributed by atoms with E-state index in [1.54, 1.807) is 0 Å². The number of carbonyl (C=O) groups is 1. The number of carbonyl (C=O) groups excluding carboxylic acids is 1. The van der Waals surface area contributed by atoms with Gasteiger partial charge in [-0.3, -0.25) is 4.79 Å². The van der Waals surface area contributed by atoms with E-state index in [2.05, 4.69) is 111 Å². The first-order valence-electron chi connectivity index (χ1n) is 24.8. The van der Waals surface area contributed by atoms with Gasteiger partial charge in [0, 0.05) is 13.0 Å². The summed E-state index contributed by atoms with van der Waals surface area (Å²) in [5.41, 5.74) is 0. The van der Waals surface area contributed by atoms with Crippen LogP contribution in [0.3, 0.4) is 0 Å². The van der Waals surface area contributed by atoms with E-state index >= 15 is 0 Å². The molecule has 14 heteroatoms. The molecule has 0 amide bonds. The molecule has 14 nitrogen and oxygen atoms in total. The summed E-state index contributed by atoms with van der Waals surface area (Å²) in [6.07, 6.45) is 34.7. The first-order valence-corrected chi connectivity index (χ1v) is 24.8. The highest BCUT2D eigenvalue weighted by Crippen LogP contribution is 2.26. The average molecular weight is 947 g/mol. The van der Waals surface area contributed by atoms with E-state index in [9.17, 15) is 40.5 Å². The predicted octanol–water partition coefficient (Wildman–Crippen LogP) is 7.07. The zero-order chi connectivity index (χ0) is 48.7. The van der Waals surface area contributed by atoms with Gasteiger partial charge in [0.1, 0.15) is 54.9 Å². The highest BCUT2D eigenvalue weighted by molar-refractivity contribution is 5.69. The van der Waals surface area contributed by atoms with Crippen LogP contribution >= 0.6 is 0 Å². The second kappa shape index (κ2) is 39.7. The number of esters is 1. The topological polar surface area (TPSA) is 214 Å². The standard InChI is InChI=1S/C53H86O14/c1-3-5-7-9-11-13-15-17-19-20-21-23-25-27-29-31-33-35-37-62-39-42(65-45(55)36-34-32-30-28-26-24-22-18-16-14-12-10-8-6-4-2)40-63-52-51(61)49(59)47(57)44(67-52)41-64-53-50(60)48(58)46(56)43(38-54)66-53/h5-8,11-14,17-19,21-23,27,29,42-44,46-54,56-61H,3-4,9-10,15-16,20,24-26,28,30-41H2,1-2H3/b7-5-,8-6-,13-11-,14-12-,19-17-,22-18-,23-21-,29-27-. The predicted molar refractivity (Wildman–Crippen MR) is 261 cm³/mol. The van der Waals surface area contributed by atoms with Gasteiger partial charge in [-0.25, -0.2) is 0 Å². The molecular weight excluding hydrogens is 861 g/mol.